The third-order valence-corrected chi connectivity index (χ3v) is 4.27. The summed E-state index contributed by atoms with van der Waals surface area (Å²) in [6, 6.07) is 9.77. The second kappa shape index (κ2) is 5.26. The first-order valence-electron chi connectivity index (χ1n) is 6.50. The van der Waals surface area contributed by atoms with Gasteiger partial charge in [0.25, 0.3) is 0 Å². The summed E-state index contributed by atoms with van der Waals surface area (Å²) in [4.78, 5) is 0. The Morgan fingerprint density at radius 1 is 1.10 bits per heavy atom. The molecule has 1 fully saturated rings. The molecule has 3 rings (SSSR count). The lowest BCUT2D eigenvalue weighted by Gasteiger charge is -2.17. The maximum absolute atomic E-state index is 14.1. The monoisotopic (exact) mass is 338 g/mol. The standard InChI is InChI=1S/C16H13BrF2O/c17-12-7-8-13(18)14(15(12)19)16(20)11-4-2-1-3-10(11)9-5-6-9/h1-4,7-9,16,20H,5-6H2. The Balaban J connectivity index is 2.09. The van der Waals surface area contributed by atoms with Gasteiger partial charge in [0.2, 0.25) is 0 Å². The van der Waals surface area contributed by atoms with Gasteiger partial charge >= 0.3 is 0 Å². The highest BCUT2D eigenvalue weighted by molar-refractivity contribution is 9.10. The number of rotatable bonds is 3. The highest BCUT2D eigenvalue weighted by Gasteiger charge is 2.30. The number of hydrogen-bond acceptors (Lipinski definition) is 1. The van der Waals surface area contributed by atoms with Crippen LogP contribution in [0.1, 0.15) is 41.6 Å². The molecule has 1 atom stereocenters. The van der Waals surface area contributed by atoms with Crippen molar-refractivity contribution in [2.75, 3.05) is 0 Å². The zero-order valence-corrected chi connectivity index (χ0v) is 12.2. The third-order valence-electron chi connectivity index (χ3n) is 3.66. The van der Waals surface area contributed by atoms with E-state index in [9.17, 15) is 13.9 Å². The summed E-state index contributed by atoms with van der Waals surface area (Å²) in [5, 5.41) is 10.4. The van der Waals surface area contributed by atoms with Crippen LogP contribution >= 0.6 is 15.9 Å². The molecule has 0 aromatic heterocycles. The largest absolute Gasteiger partial charge is 0.383 e. The lowest BCUT2D eigenvalue weighted by molar-refractivity contribution is 0.207. The molecule has 0 amide bonds. The van der Waals surface area contributed by atoms with Crippen molar-refractivity contribution in [1.82, 2.24) is 0 Å². The molecule has 1 saturated carbocycles. The molecule has 1 unspecified atom stereocenters. The quantitative estimate of drug-likeness (QED) is 0.805. The molecule has 104 valence electrons. The van der Waals surface area contributed by atoms with E-state index in [1.807, 2.05) is 12.1 Å². The summed E-state index contributed by atoms with van der Waals surface area (Å²) in [5.74, 6) is -1.08. The zero-order valence-electron chi connectivity index (χ0n) is 10.6. The van der Waals surface area contributed by atoms with Crippen LogP contribution in [-0.2, 0) is 0 Å². The van der Waals surface area contributed by atoms with Gasteiger partial charge in [0.1, 0.15) is 17.7 Å². The van der Waals surface area contributed by atoms with E-state index in [0.717, 1.165) is 24.5 Å². The molecule has 1 N–H and O–H groups in total. The fourth-order valence-electron chi connectivity index (χ4n) is 2.47. The summed E-state index contributed by atoms with van der Waals surface area (Å²) in [5.41, 5.74) is 1.28. The fourth-order valence-corrected chi connectivity index (χ4v) is 2.82. The molecule has 20 heavy (non-hydrogen) atoms. The van der Waals surface area contributed by atoms with Crippen molar-refractivity contribution in [3.05, 3.63) is 69.2 Å². The molecule has 2 aromatic carbocycles. The molecule has 1 nitrogen and oxygen atoms in total. The smallest absolute Gasteiger partial charge is 0.146 e. The molecule has 0 bridgehead atoms. The van der Waals surface area contributed by atoms with E-state index < -0.39 is 17.7 Å². The van der Waals surface area contributed by atoms with Crippen molar-refractivity contribution in [3.63, 3.8) is 0 Å². The van der Waals surface area contributed by atoms with E-state index in [-0.39, 0.29) is 10.0 Å². The molecule has 1 aliphatic rings. The van der Waals surface area contributed by atoms with Crippen LogP contribution in [0.25, 0.3) is 0 Å². The van der Waals surface area contributed by atoms with E-state index in [0.29, 0.717) is 11.5 Å². The van der Waals surface area contributed by atoms with Gasteiger partial charge in [0.05, 0.1) is 10.0 Å². The predicted octanol–water partition coefficient (Wildman–Crippen LogP) is 4.69. The highest BCUT2D eigenvalue weighted by Crippen LogP contribution is 2.44. The number of benzene rings is 2. The Morgan fingerprint density at radius 3 is 2.50 bits per heavy atom. The average molecular weight is 339 g/mol. The third kappa shape index (κ3) is 2.38. The van der Waals surface area contributed by atoms with Gasteiger partial charge in [0, 0.05) is 0 Å². The minimum atomic E-state index is -1.29. The number of hydrogen-bond donors (Lipinski definition) is 1. The van der Waals surface area contributed by atoms with Crippen molar-refractivity contribution in [2.24, 2.45) is 0 Å². The fraction of sp³-hybridized carbons (Fsp3) is 0.250. The lowest BCUT2D eigenvalue weighted by Crippen LogP contribution is -2.08. The van der Waals surface area contributed by atoms with E-state index in [1.54, 1.807) is 12.1 Å². The molecule has 1 aliphatic carbocycles. The minimum Gasteiger partial charge on any atom is -0.383 e. The van der Waals surface area contributed by atoms with Gasteiger partial charge in [-0.2, -0.15) is 0 Å². The molecule has 2 aromatic rings. The van der Waals surface area contributed by atoms with Crippen molar-refractivity contribution in [1.29, 1.82) is 0 Å². The summed E-state index contributed by atoms with van der Waals surface area (Å²) < 4.78 is 28.1. The van der Waals surface area contributed by atoms with E-state index in [1.165, 1.54) is 6.07 Å². The van der Waals surface area contributed by atoms with Gasteiger partial charge in [-0.05, 0) is 57.9 Å². The molecular formula is C16H13BrF2O. The topological polar surface area (TPSA) is 20.2 Å². The Hall–Kier alpha value is -1.26. The summed E-state index contributed by atoms with van der Waals surface area (Å²) in [6.07, 6.45) is 0.838. The van der Waals surface area contributed by atoms with Crippen molar-refractivity contribution in [2.45, 2.75) is 24.9 Å². The zero-order chi connectivity index (χ0) is 14.3. The first-order chi connectivity index (χ1) is 9.59. The van der Waals surface area contributed by atoms with E-state index in [4.69, 9.17) is 0 Å². The van der Waals surface area contributed by atoms with Crippen LogP contribution in [0.5, 0.6) is 0 Å². The molecule has 4 heteroatoms. The van der Waals surface area contributed by atoms with Gasteiger partial charge < -0.3 is 5.11 Å². The van der Waals surface area contributed by atoms with Crippen LogP contribution in [0.3, 0.4) is 0 Å². The van der Waals surface area contributed by atoms with E-state index >= 15 is 0 Å². The maximum Gasteiger partial charge on any atom is 0.146 e. The SMILES string of the molecule is OC(c1ccccc1C1CC1)c1c(F)ccc(Br)c1F. The summed E-state index contributed by atoms with van der Waals surface area (Å²) in [6.45, 7) is 0. The van der Waals surface area contributed by atoms with Crippen LogP contribution in [0.2, 0.25) is 0 Å². The van der Waals surface area contributed by atoms with Gasteiger partial charge in [-0.25, -0.2) is 8.78 Å². The van der Waals surface area contributed by atoms with Crippen molar-refractivity contribution < 1.29 is 13.9 Å². The van der Waals surface area contributed by atoms with Gasteiger partial charge in [-0.3, -0.25) is 0 Å². The number of aliphatic hydroxyl groups is 1. The molecular weight excluding hydrogens is 326 g/mol. The summed E-state index contributed by atoms with van der Waals surface area (Å²) in [7, 11) is 0. The number of aliphatic hydroxyl groups excluding tert-OH is 1. The molecule has 0 aliphatic heterocycles. The number of halogens is 3. The van der Waals surface area contributed by atoms with Crippen LogP contribution in [0.4, 0.5) is 8.78 Å². The molecule has 0 spiro atoms. The van der Waals surface area contributed by atoms with Crippen LogP contribution in [-0.4, -0.2) is 5.11 Å². The Morgan fingerprint density at radius 2 is 1.80 bits per heavy atom. The van der Waals surface area contributed by atoms with Crippen LogP contribution < -0.4 is 0 Å². The molecule has 0 saturated heterocycles. The normalized spacial score (nSPS) is 16.2. The van der Waals surface area contributed by atoms with Gasteiger partial charge in [-0.15, -0.1) is 0 Å². The second-order valence-corrected chi connectivity index (χ2v) is 5.92. The summed E-state index contributed by atoms with van der Waals surface area (Å²) >= 11 is 3.03. The first kappa shape index (κ1) is 13.7. The van der Waals surface area contributed by atoms with Crippen molar-refractivity contribution in [3.8, 4) is 0 Å². The second-order valence-electron chi connectivity index (χ2n) is 5.06. The van der Waals surface area contributed by atoms with Crippen LogP contribution in [0, 0.1) is 11.6 Å². The average Bonchev–Trinajstić information content (AvgIpc) is 3.28. The predicted molar refractivity (Wildman–Crippen MR) is 76.5 cm³/mol. The Bertz CT molecular complexity index is 653. The Kier molecular flexibility index (Phi) is 3.61. The Labute approximate surface area is 124 Å². The van der Waals surface area contributed by atoms with Crippen LogP contribution in [0.15, 0.2) is 40.9 Å². The first-order valence-corrected chi connectivity index (χ1v) is 7.29. The lowest BCUT2D eigenvalue weighted by atomic mass is 9.94. The maximum atomic E-state index is 14.1. The van der Waals surface area contributed by atoms with Gasteiger partial charge in [-0.1, -0.05) is 24.3 Å². The molecule has 0 heterocycles. The molecule has 0 radical (unpaired) electrons. The van der Waals surface area contributed by atoms with Gasteiger partial charge in [0.15, 0.2) is 0 Å². The minimum absolute atomic E-state index is 0.150. The van der Waals surface area contributed by atoms with Crippen molar-refractivity contribution >= 4 is 15.9 Å². The van der Waals surface area contributed by atoms with E-state index in [2.05, 4.69) is 15.9 Å². The highest BCUT2D eigenvalue weighted by atomic mass is 79.9.